The van der Waals surface area contributed by atoms with Gasteiger partial charge in [0.25, 0.3) is 6.71 Å². The third kappa shape index (κ3) is 8.89. The summed E-state index contributed by atoms with van der Waals surface area (Å²) in [5.41, 5.74) is 31.7. The molecule has 0 atom stereocenters. The number of hydrogen-bond donors (Lipinski definition) is 0. The Balaban J connectivity index is 1.04. The second-order valence-electron chi connectivity index (χ2n) is 26.9. The van der Waals surface area contributed by atoms with E-state index in [1.807, 2.05) is 0 Å². The highest BCUT2D eigenvalue weighted by atomic mass is 15.2. The Morgan fingerprint density at radius 2 is 0.791 bits per heavy atom. The number of rotatable bonds is 8. The first-order valence-corrected chi connectivity index (χ1v) is 32.0. The van der Waals surface area contributed by atoms with Crippen LogP contribution < -0.4 is 31.1 Å². The van der Waals surface area contributed by atoms with Gasteiger partial charge in [0, 0.05) is 67.4 Å². The van der Waals surface area contributed by atoms with E-state index in [1.54, 1.807) is 0 Å². The van der Waals surface area contributed by atoms with E-state index in [1.165, 1.54) is 105 Å². The molecule has 0 N–H and O–H groups in total. The van der Waals surface area contributed by atoms with E-state index in [-0.39, 0.29) is 17.5 Å². The number of anilines is 9. The average molecular weight is 1170 g/mol. The van der Waals surface area contributed by atoms with Gasteiger partial charge in [0.05, 0.1) is 22.4 Å². The molecular weight excluding hydrogens is 1100 g/mol. The van der Waals surface area contributed by atoms with Crippen LogP contribution in [-0.2, 0) is 10.8 Å². The van der Waals surface area contributed by atoms with Crippen LogP contribution in [0.15, 0.2) is 297 Å². The highest BCUT2D eigenvalue weighted by Gasteiger charge is 2.47. The SMILES string of the molecule is CC(C)(C)c1ccc2c(c1)c1cc(C(C)(C)C)ccc1n2-c1cc2c3c(c1)N1c4ccc(-c5ccccc5)cc4-c4ccccc4-c4cc(-c5ccccc5)cc(c41)B3c1ccc(N(c3ccccc3)c3ccccc3)cc1N2c1cccc(-c2ccccc2)c1. The summed E-state index contributed by atoms with van der Waals surface area (Å²) in [6.45, 7) is 13.8. The molecule has 3 aliphatic rings. The fourth-order valence-corrected chi connectivity index (χ4v) is 14.9. The zero-order valence-electron chi connectivity index (χ0n) is 52.2. The van der Waals surface area contributed by atoms with Gasteiger partial charge in [0.1, 0.15) is 0 Å². The minimum absolute atomic E-state index is 0.0590. The van der Waals surface area contributed by atoms with Crippen molar-refractivity contribution in [2.45, 2.75) is 52.4 Å². The van der Waals surface area contributed by atoms with Crippen molar-refractivity contribution in [3.8, 4) is 61.3 Å². The van der Waals surface area contributed by atoms with Gasteiger partial charge in [-0.2, -0.15) is 0 Å². The summed E-state index contributed by atoms with van der Waals surface area (Å²) < 4.78 is 2.58. The topological polar surface area (TPSA) is 14.7 Å². The number of nitrogens with zero attached hydrogens (tertiary/aromatic N) is 4. The molecule has 4 nitrogen and oxygen atoms in total. The summed E-state index contributed by atoms with van der Waals surface area (Å²) in [4.78, 5) is 7.70. The lowest BCUT2D eigenvalue weighted by atomic mass is 9.33. The van der Waals surface area contributed by atoms with Gasteiger partial charge in [-0.05, 0) is 186 Å². The molecule has 434 valence electrons. The largest absolute Gasteiger partial charge is 0.311 e. The Morgan fingerprint density at radius 3 is 1.36 bits per heavy atom. The van der Waals surface area contributed by atoms with Crippen LogP contribution in [0.5, 0.6) is 0 Å². The van der Waals surface area contributed by atoms with Crippen LogP contribution in [0.4, 0.5) is 51.2 Å². The molecule has 0 spiro atoms. The van der Waals surface area contributed by atoms with Crippen molar-refractivity contribution in [3.63, 3.8) is 0 Å². The quantitative estimate of drug-likeness (QED) is 0.141. The van der Waals surface area contributed by atoms with Gasteiger partial charge in [-0.3, -0.25) is 0 Å². The van der Waals surface area contributed by atoms with Crippen LogP contribution in [0.3, 0.4) is 0 Å². The van der Waals surface area contributed by atoms with E-state index in [0.29, 0.717) is 0 Å². The number of benzene rings is 13. The highest BCUT2D eigenvalue weighted by Crippen LogP contribution is 2.56. The predicted octanol–water partition coefficient (Wildman–Crippen LogP) is 21.6. The highest BCUT2D eigenvalue weighted by molar-refractivity contribution is 7.00. The summed E-state index contributed by atoms with van der Waals surface area (Å²) in [7, 11) is 0. The minimum atomic E-state index is -0.202. The van der Waals surface area contributed by atoms with Gasteiger partial charge in [-0.25, -0.2) is 0 Å². The van der Waals surface area contributed by atoms with E-state index in [0.717, 1.165) is 56.7 Å². The standard InChI is InChI=1S/C86H67BN4/c1-85(2,3)62-40-45-77-72(51-62)73-52-63(86(4,5)6)41-46-78(73)90(77)68-54-81-83-82(55-68)91-79-44-39-60(57-27-14-8-15-28-57)48-71(79)69-37-22-23-38-70(69)74-49-61(58-29-16-9-17-30-58)50-76(84(74)91)87(83)75-43-42-67(88(64-32-18-10-19-33-64)65-34-20-11-21-35-65)53-80(75)89(81)66-36-24-31-59(47-66)56-25-12-7-13-26-56/h7-55H,1-6H3. The van der Waals surface area contributed by atoms with E-state index < -0.39 is 0 Å². The molecule has 17 rings (SSSR count). The van der Waals surface area contributed by atoms with Gasteiger partial charge in [-0.15, -0.1) is 0 Å². The van der Waals surface area contributed by atoms with Crippen LogP contribution in [-0.4, -0.2) is 11.3 Å². The van der Waals surface area contributed by atoms with Crippen molar-refractivity contribution in [2.24, 2.45) is 0 Å². The summed E-state index contributed by atoms with van der Waals surface area (Å²) >= 11 is 0. The fourth-order valence-electron chi connectivity index (χ4n) is 14.9. The van der Waals surface area contributed by atoms with Crippen LogP contribution in [0.2, 0.25) is 0 Å². The number of aromatic nitrogens is 1. The first-order chi connectivity index (χ1) is 44.4. The molecule has 4 heterocycles. The fraction of sp³-hybridized carbons (Fsp3) is 0.0930. The summed E-state index contributed by atoms with van der Waals surface area (Å²) in [5.74, 6) is 0. The van der Waals surface area contributed by atoms with Gasteiger partial charge < -0.3 is 19.3 Å². The van der Waals surface area contributed by atoms with E-state index >= 15 is 0 Å². The lowest BCUT2D eigenvalue weighted by Gasteiger charge is -2.45. The molecule has 13 aromatic carbocycles. The zero-order chi connectivity index (χ0) is 61.3. The maximum absolute atomic E-state index is 2.68. The van der Waals surface area contributed by atoms with Crippen molar-refractivity contribution in [1.29, 1.82) is 0 Å². The second-order valence-corrected chi connectivity index (χ2v) is 26.9. The summed E-state index contributed by atoms with van der Waals surface area (Å²) in [6, 6.07) is 112. The van der Waals surface area contributed by atoms with Crippen molar-refractivity contribution in [1.82, 2.24) is 4.57 Å². The van der Waals surface area contributed by atoms with E-state index in [4.69, 9.17) is 0 Å². The molecule has 91 heavy (non-hydrogen) atoms. The van der Waals surface area contributed by atoms with Gasteiger partial charge >= 0.3 is 0 Å². The van der Waals surface area contributed by atoms with Crippen molar-refractivity contribution in [3.05, 3.63) is 308 Å². The van der Waals surface area contributed by atoms with Crippen LogP contribution in [0, 0.1) is 0 Å². The first kappa shape index (κ1) is 54.3. The Labute approximate surface area is 534 Å². The molecule has 3 aliphatic heterocycles. The first-order valence-electron chi connectivity index (χ1n) is 32.0. The van der Waals surface area contributed by atoms with Gasteiger partial charge in [-0.1, -0.05) is 236 Å². The van der Waals surface area contributed by atoms with Gasteiger partial charge in [0.15, 0.2) is 0 Å². The maximum Gasteiger partial charge on any atom is 0.252 e. The monoisotopic (exact) mass is 1170 g/mol. The predicted molar refractivity (Wildman–Crippen MR) is 388 cm³/mol. The Morgan fingerprint density at radius 1 is 0.297 bits per heavy atom. The number of fused-ring (bicyclic) bond motifs is 12. The summed E-state index contributed by atoms with van der Waals surface area (Å²) in [6.07, 6.45) is 0. The van der Waals surface area contributed by atoms with Gasteiger partial charge in [0.2, 0.25) is 0 Å². The van der Waals surface area contributed by atoms with Crippen LogP contribution in [0.25, 0.3) is 83.1 Å². The summed E-state index contributed by atoms with van der Waals surface area (Å²) in [5, 5.41) is 2.51. The Hall–Kier alpha value is -10.9. The lowest BCUT2D eigenvalue weighted by molar-refractivity contribution is 0.590. The molecule has 0 bridgehead atoms. The molecule has 5 heteroatoms. The molecular formula is C86H67BN4. The average Bonchev–Trinajstić information content (AvgIpc) is 1.66. The molecule has 0 saturated carbocycles. The zero-order valence-corrected chi connectivity index (χ0v) is 52.2. The molecule has 14 aromatic rings. The molecule has 0 amide bonds. The molecule has 0 fully saturated rings. The smallest absolute Gasteiger partial charge is 0.252 e. The minimum Gasteiger partial charge on any atom is -0.311 e. The molecule has 0 saturated heterocycles. The Kier molecular flexibility index (Phi) is 12.5. The van der Waals surface area contributed by atoms with Crippen LogP contribution >= 0.6 is 0 Å². The van der Waals surface area contributed by atoms with E-state index in [2.05, 4.69) is 358 Å². The maximum atomic E-state index is 2.68. The van der Waals surface area contributed by atoms with Crippen molar-refractivity contribution >= 4 is 96.1 Å². The normalized spacial score (nSPS) is 12.9. The van der Waals surface area contributed by atoms with Crippen molar-refractivity contribution in [2.75, 3.05) is 14.7 Å². The molecule has 0 unspecified atom stereocenters. The third-order valence-corrected chi connectivity index (χ3v) is 19.3. The molecule has 0 aliphatic carbocycles. The number of hydrogen-bond acceptors (Lipinski definition) is 3. The molecule has 1 aromatic heterocycles. The second kappa shape index (κ2) is 20.9. The third-order valence-electron chi connectivity index (χ3n) is 19.3. The number of para-hydroxylation sites is 2. The Bertz CT molecular complexity index is 5080. The lowest BCUT2D eigenvalue weighted by Crippen LogP contribution is -2.61. The van der Waals surface area contributed by atoms with Crippen LogP contribution in [0.1, 0.15) is 52.7 Å². The van der Waals surface area contributed by atoms with Crippen molar-refractivity contribution < 1.29 is 0 Å². The van der Waals surface area contributed by atoms with E-state index in [9.17, 15) is 0 Å². The molecule has 0 radical (unpaired) electrons.